The molecule has 0 N–H and O–H groups in total. The number of carbonyl (C=O) groups excluding carboxylic acids is 1. The predicted octanol–water partition coefficient (Wildman–Crippen LogP) is 3.49. The maximum Gasteiger partial charge on any atom is 0.310 e. The number of nitrogens with zero attached hydrogens (tertiary/aromatic N) is 2. The molecular formula is C16H24N2O2. The van der Waals surface area contributed by atoms with E-state index in [1.165, 1.54) is 0 Å². The van der Waals surface area contributed by atoms with E-state index in [0.717, 1.165) is 29.4 Å². The van der Waals surface area contributed by atoms with E-state index >= 15 is 0 Å². The van der Waals surface area contributed by atoms with Gasteiger partial charge in [-0.25, -0.2) is 4.98 Å². The molecular weight excluding hydrogens is 252 g/mol. The van der Waals surface area contributed by atoms with E-state index in [-0.39, 0.29) is 5.97 Å². The van der Waals surface area contributed by atoms with Gasteiger partial charge in [0.1, 0.15) is 5.65 Å². The van der Waals surface area contributed by atoms with E-state index in [0.29, 0.717) is 13.0 Å². The molecule has 2 aromatic heterocycles. The third-order valence-corrected chi connectivity index (χ3v) is 2.87. The van der Waals surface area contributed by atoms with E-state index in [1.807, 2.05) is 43.8 Å². The second-order valence-electron chi connectivity index (χ2n) is 4.43. The number of unbranched alkanes of at least 4 members (excludes halogenated alkanes) is 1. The van der Waals surface area contributed by atoms with Gasteiger partial charge in [-0.15, -0.1) is 0 Å². The van der Waals surface area contributed by atoms with Crippen molar-refractivity contribution in [2.24, 2.45) is 7.05 Å². The largest absolute Gasteiger partial charge is 0.465 e. The third-order valence-electron chi connectivity index (χ3n) is 2.87. The van der Waals surface area contributed by atoms with Crippen molar-refractivity contribution < 1.29 is 9.53 Å². The standard InChI is InChI=1S/C14H18N2O2.C2H6/c1-3-4-7-18-13(17)9-11-8-12-5-6-16(2)14(12)15-10-11;1-2/h5-6,8,10H,3-4,7,9H2,1-2H3;1-2H3. The van der Waals surface area contributed by atoms with Gasteiger partial charge in [-0.05, 0) is 24.1 Å². The number of fused-ring (bicyclic) bond motifs is 1. The summed E-state index contributed by atoms with van der Waals surface area (Å²) in [6.45, 7) is 6.58. The zero-order chi connectivity index (χ0) is 15.0. The average molecular weight is 276 g/mol. The molecule has 0 atom stereocenters. The minimum Gasteiger partial charge on any atom is -0.465 e. The van der Waals surface area contributed by atoms with Crippen LogP contribution in [-0.2, 0) is 23.0 Å². The van der Waals surface area contributed by atoms with Gasteiger partial charge in [0.15, 0.2) is 0 Å². The van der Waals surface area contributed by atoms with Crippen molar-refractivity contribution in [3.05, 3.63) is 30.1 Å². The van der Waals surface area contributed by atoms with E-state index in [4.69, 9.17) is 4.74 Å². The molecule has 0 radical (unpaired) electrons. The van der Waals surface area contributed by atoms with Crippen molar-refractivity contribution in [2.45, 2.75) is 40.0 Å². The van der Waals surface area contributed by atoms with Crippen LogP contribution in [0.4, 0.5) is 0 Å². The summed E-state index contributed by atoms with van der Waals surface area (Å²) in [5, 5.41) is 1.05. The van der Waals surface area contributed by atoms with Crippen LogP contribution in [0.1, 0.15) is 39.2 Å². The molecule has 2 heterocycles. The zero-order valence-electron chi connectivity index (χ0n) is 12.8. The van der Waals surface area contributed by atoms with Gasteiger partial charge >= 0.3 is 5.97 Å². The van der Waals surface area contributed by atoms with Crippen molar-refractivity contribution in [3.8, 4) is 0 Å². The summed E-state index contributed by atoms with van der Waals surface area (Å²) in [4.78, 5) is 15.9. The average Bonchev–Trinajstić information content (AvgIpc) is 2.82. The molecule has 2 rings (SSSR count). The maximum atomic E-state index is 11.6. The van der Waals surface area contributed by atoms with E-state index in [2.05, 4.69) is 11.9 Å². The highest BCUT2D eigenvalue weighted by molar-refractivity contribution is 5.79. The highest BCUT2D eigenvalue weighted by Crippen LogP contribution is 2.14. The predicted molar refractivity (Wildman–Crippen MR) is 81.6 cm³/mol. The second-order valence-corrected chi connectivity index (χ2v) is 4.43. The smallest absolute Gasteiger partial charge is 0.310 e. The zero-order valence-corrected chi connectivity index (χ0v) is 12.8. The number of ether oxygens (including phenoxy) is 1. The summed E-state index contributed by atoms with van der Waals surface area (Å²) in [6, 6.07) is 3.98. The highest BCUT2D eigenvalue weighted by atomic mass is 16.5. The number of carbonyl (C=O) groups is 1. The van der Waals surface area contributed by atoms with Gasteiger partial charge in [-0.1, -0.05) is 27.2 Å². The summed E-state index contributed by atoms with van der Waals surface area (Å²) in [6.07, 6.45) is 5.94. The number of aryl methyl sites for hydroxylation is 1. The number of hydrogen-bond donors (Lipinski definition) is 0. The minimum absolute atomic E-state index is 0.180. The molecule has 20 heavy (non-hydrogen) atoms. The van der Waals surface area contributed by atoms with Gasteiger partial charge in [-0.2, -0.15) is 0 Å². The first-order valence-electron chi connectivity index (χ1n) is 7.26. The van der Waals surface area contributed by atoms with Gasteiger partial charge in [-0.3, -0.25) is 4.79 Å². The Hall–Kier alpha value is -1.84. The molecule has 0 aromatic carbocycles. The van der Waals surface area contributed by atoms with Gasteiger partial charge in [0.25, 0.3) is 0 Å². The fraction of sp³-hybridized carbons (Fsp3) is 0.500. The van der Waals surface area contributed by atoms with Crippen molar-refractivity contribution in [1.82, 2.24) is 9.55 Å². The molecule has 0 aliphatic carbocycles. The Kier molecular flexibility index (Phi) is 6.77. The third kappa shape index (κ3) is 4.37. The lowest BCUT2D eigenvalue weighted by molar-refractivity contribution is -0.142. The van der Waals surface area contributed by atoms with Gasteiger partial charge in [0, 0.05) is 24.8 Å². The summed E-state index contributed by atoms with van der Waals surface area (Å²) in [5.41, 5.74) is 1.83. The fourth-order valence-corrected chi connectivity index (χ4v) is 1.84. The molecule has 0 saturated heterocycles. The molecule has 0 bridgehead atoms. The monoisotopic (exact) mass is 276 g/mol. The van der Waals surface area contributed by atoms with Crippen molar-refractivity contribution in [3.63, 3.8) is 0 Å². The van der Waals surface area contributed by atoms with Gasteiger partial charge < -0.3 is 9.30 Å². The van der Waals surface area contributed by atoms with Crippen LogP contribution >= 0.6 is 0 Å². The molecule has 0 unspecified atom stereocenters. The molecule has 4 heteroatoms. The van der Waals surface area contributed by atoms with Crippen molar-refractivity contribution in [2.75, 3.05) is 6.61 Å². The molecule has 0 spiro atoms. The Labute approximate surface area is 120 Å². The molecule has 0 aliphatic rings. The van der Waals surface area contributed by atoms with Gasteiger partial charge in [0.2, 0.25) is 0 Å². The number of pyridine rings is 1. The first kappa shape index (κ1) is 16.2. The minimum atomic E-state index is -0.180. The molecule has 0 saturated carbocycles. The van der Waals surface area contributed by atoms with Crippen LogP contribution < -0.4 is 0 Å². The summed E-state index contributed by atoms with van der Waals surface area (Å²) in [5.74, 6) is -0.180. The number of rotatable bonds is 5. The van der Waals surface area contributed by atoms with E-state index < -0.39 is 0 Å². The quantitative estimate of drug-likeness (QED) is 0.620. The van der Waals surface area contributed by atoms with Crippen LogP contribution in [0.3, 0.4) is 0 Å². The lowest BCUT2D eigenvalue weighted by Gasteiger charge is -2.04. The van der Waals surface area contributed by atoms with Crippen molar-refractivity contribution in [1.29, 1.82) is 0 Å². The SMILES string of the molecule is CC.CCCCOC(=O)Cc1cnc2c(ccn2C)c1. The van der Waals surface area contributed by atoms with Crippen LogP contribution in [0.15, 0.2) is 24.5 Å². The van der Waals surface area contributed by atoms with Crippen LogP contribution in [-0.4, -0.2) is 22.1 Å². The lowest BCUT2D eigenvalue weighted by atomic mass is 10.2. The van der Waals surface area contributed by atoms with Crippen LogP contribution in [0.5, 0.6) is 0 Å². The molecule has 2 aromatic rings. The molecule has 110 valence electrons. The number of esters is 1. The fourth-order valence-electron chi connectivity index (χ4n) is 1.84. The van der Waals surface area contributed by atoms with E-state index in [9.17, 15) is 4.79 Å². The van der Waals surface area contributed by atoms with Crippen LogP contribution in [0.2, 0.25) is 0 Å². The number of hydrogen-bond acceptors (Lipinski definition) is 3. The van der Waals surface area contributed by atoms with E-state index in [1.54, 1.807) is 6.20 Å². The van der Waals surface area contributed by atoms with Crippen LogP contribution in [0, 0.1) is 0 Å². The van der Waals surface area contributed by atoms with Gasteiger partial charge in [0.05, 0.1) is 13.0 Å². The topological polar surface area (TPSA) is 44.1 Å². The molecule has 0 amide bonds. The Morgan fingerprint density at radius 2 is 2.15 bits per heavy atom. The molecule has 0 fully saturated rings. The van der Waals surface area contributed by atoms with Crippen LogP contribution in [0.25, 0.3) is 11.0 Å². The first-order valence-corrected chi connectivity index (χ1v) is 7.26. The molecule has 0 aliphatic heterocycles. The Morgan fingerprint density at radius 1 is 1.40 bits per heavy atom. The number of aromatic nitrogens is 2. The highest BCUT2D eigenvalue weighted by Gasteiger charge is 2.07. The second kappa shape index (κ2) is 8.35. The Balaban J connectivity index is 0.000000956. The summed E-state index contributed by atoms with van der Waals surface area (Å²) >= 11 is 0. The summed E-state index contributed by atoms with van der Waals surface area (Å²) in [7, 11) is 1.95. The van der Waals surface area contributed by atoms with Crippen molar-refractivity contribution >= 4 is 17.0 Å². The first-order chi connectivity index (χ1) is 9.70. The normalized spacial score (nSPS) is 10.0. The molecule has 4 nitrogen and oxygen atoms in total. The Bertz CT molecular complexity index is 546. The Morgan fingerprint density at radius 3 is 2.85 bits per heavy atom. The lowest BCUT2D eigenvalue weighted by Crippen LogP contribution is -2.09. The summed E-state index contributed by atoms with van der Waals surface area (Å²) < 4.78 is 7.09. The maximum absolute atomic E-state index is 11.6.